The summed E-state index contributed by atoms with van der Waals surface area (Å²) < 4.78 is 0. The van der Waals surface area contributed by atoms with Gasteiger partial charge in [0.15, 0.2) is 6.10 Å². The third kappa shape index (κ3) is 4.92. The van der Waals surface area contributed by atoms with Crippen LogP contribution in [0.25, 0.3) is 0 Å². The molecule has 0 bridgehead atoms. The molecular weight excluding hydrogens is 198 g/mol. The number of carboxylic acid groups (broad SMARTS) is 1. The summed E-state index contributed by atoms with van der Waals surface area (Å²) in [6.45, 7) is 4.17. The average molecular weight is 217 g/mol. The molecule has 0 aliphatic carbocycles. The van der Waals surface area contributed by atoms with E-state index in [2.05, 4.69) is 0 Å². The number of hydrogen-bond acceptors (Lipinski definition) is 4. The maximum atomic E-state index is 10.4. The van der Waals surface area contributed by atoms with E-state index in [1.807, 2.05) is 13.8 Å². The highest BCUT2D eigenvalue weighted by atomic mass is 16.4. The zero-order chi connectivity index (χ0) is 12.0. The standard InChI is InChI=1S/C10H19NO4/c1-6(2)7(3-4-11)5-8(12)9(13)10(14)15/h8-9,12-13H,3-5,11H2,1-2H3,(H,14,15)/t8-,9?/m1/s1. The molecule has 5 nitrogen and oxygen atoms in total. The maximum Gasteiger partial charge on any atom is 0.335 e. The van der Waals surface area contributed by atoms with Gasteiger partial charge in [0.1, 0.15) is 0 Å². The lowest BCUT2D eigenvalue weighted by Crippen LogP contribution is -2.34. The Bertz CT molecular complexity index is 246. The van der Waals surface area contributed by atoms with Gasteiger partial charge < -0.3 is 21.1 Å². The molecule has 0 spiro atoms. The minimum atomic E-state index is -1.74. The molecule has 0 aliphatic heterocycles. The van der Waals surface area contributed by atoms with Gasteiger partial charge in [-0.3, -0.25) is 0 Å². The van der Waals surface area contributed by atoms with Crippen molar-refractivity contribution in [1.82, 2.24) is 0 Å². The van der Waals surface area contributed by atoms with Crippen LogP contribution in [0.5, 0.6) is 0 Å². The average Bonchev–Trinajstić information content (AvgIpc) is 2.15. The van der Waals surface area contributed by atoms with Crippen LogP contribution < -0.4 is 5.73 Å². The lowest BCUT2D eigenvalue weighted by molar-refractivity contribution is -0.152. The van der Waals surface area contributed by atoms with Crippen LogP contribution in [0.1, 0.15) is 26.7 Å². The molecule has 5 N–H and O–H groups in total. The number of aliphatic carboxylic acids is 1. The zero-order valence-corrected chi connectivity index (χ0v) is 9.10. The summed E-state index contributed by atoms with van der Waals surface area (Å²) in [5.41, 5.74) is 7.28. The summed E-state index contributed by atoms with van der Waals surface area (Å²) in [6.07, 6.45) is -2.27. The molecule has 0 aromatic heterocycles. The van der Waals surface area contributed by atoms with Crippen molar-refractivity contribution in [3.8, 4) is 0 Å². The Morgan fingerprint density at radius 2 is 1.87 bits per heavy atom. The van der Waals surface area contributed by atoms with Gasteiger partial charge in [-0.1, -0.05) is 11.1 Å². The first-order valence-corrected chi connectivity index (χ1v) is 4.84. The van der Waals surface area contributed by atoms with Crippen molar-refractivity contribution in [3.63, 3.8) is 0 Å². The van der Waals surface area contributed by atoms with Crippen molar-refractivity contribution in [1.29, 1.82) is 0 Å². The molecule has 88 valence electrons. The highest BCUT2D eigenvalue weighted by Crippen LogP contribution is 2.16. The molecule has 0 aromatic rings. The first kappa shape index (κ1) is 14.1. The summed E-state index contributed by atoms with van der Waals surface area (Å²) >= 11 is 0. The molecule has 1 unspecified atom stereocenters. The van der Waals surface area contributed by atoms with Gasteiger partial charge in [0.2, 0.25) is 0 Å². The fraction of sp³-hybridized carbons (Fsp3) is 0.700. The number of aliphatic hydroxyl groups is 2. The predicted octanol–water partition coefficient (Wildman–Crippen LogP) is -0.132. The quantitative estimate of drug-likeness (QED) is 0.464. The lowest BCUT2D eigenvalue weighted by Gasteiger charge is -2.17. The number of carboxylic acids is 1. The van der Waals surface area contributed by atoms with Gasteiger partial charge in [0.25, 0.3) is 0 Å². The van der Waals surface area contributed by atoms with Gasteiger partial charge in [-0.15, -0.1) is 0 Å². The van der Waals surface area contributed by atoms with E-state index in [1.54, 1.807) is 0 Å². The van der Waals surface area contributed by atoms with E-state index in [1.165, 1.54) is 0 Å². The second-order valence-electron chi connectivity index (χ2n) is 3.70. The summed E-state index contributed by atoms with van der Waals surface area (Å²) in [6, 6.07) is 0. The van der Waals surface area contributed by atoms with E-state index < -0.39 is 18.2 Å². The van der Waals surface area contributed by atoms with Crippen LogP contribution in [0.4, 0.5) is 0 Å². The number of allylic oxidation sites excluding steroid dienone is 1. The number of carbonyl (C=O) groups is 1. The molecular formula is C10H19NO4. The van der Waals surface area contributed by atoms with E-state index in [0.717, 1.165) is 11.1 Å². The fourth-order valence-corrected chi connectivity index (χ4v) is 1.26. The Hall–Kier alpha value is -0.910. The van der Waals surface area contributed by atoms with Crippen LogP contribution in [-0.2, 0) is 4.79 Å². The second-order valence-corrected chi connectivity index (χ2v) is 3.70. The second kappa shape index (κ2) is 6.55. The van der Waals surface area contributed by atoms with Gasteiger partial charge in [0, 0.05) is 0 Å². The van der Waals surface area contributed by atoms with Crippen molar-refractivity contribution >= 4 is 5.97 Å². The predicted molar refractivity (Wildman–Crippen MR) is 56.3 cm³/mol. The Labute approximate surface area is 89.2 Å². The lowest BCUT2D eigenvalue weighted by atomic mass is 9.98. The summed E-state index contributed by atoms with van der Waals surface area (Å²) in [4.78, 5) is 10.4. The first-order valence-electron chi connectivity index (χ1n) is 4.84. The smallest absolute Gasteiger partial charge is 0.335 e. The van der Waals surface area contributed by atoms with Crippen molar-refractivity contribution in [3.05, 3.63) is 11.1 Å². The van der Waals surface area contributed by atoms with Crippen molar-refractivity contribution in [2.75, 3.05) is 6.54 Å². The molecule has 15 heavy (non-hydrogen) atoms. The van der Waals surface area contributed by atoms with Gasteiger partial charge in [0.05, 0.1) is 6.10 Å². The van der Waals surface area contributed by atoms with Crippen LogP contribution in [0.3, 0.4) is 0 Å². The van der Waals surface area contributed by atoms with Crippen LogP contribution in [0.15, 0.2) is 11.1 Å². The number of nitrogens with two attached hydrogens (primary N) is 1. The van der Waals surface area contributed by atoms with Gasteiger partial charge in [-0.2, -0.15) is 0 Å². The Morgan fingerprint density at radius 1 is 1.33 bits per heavy atom. The van der Waals surface area contributed by atoms with E-state index >= 15 is 0 Å². The molecule has 5 heteroatoms. The van der Waals surface area contributed by atoms with E-state index in [9.17, 15) is 9.90 Å². The largest absolute Gasteiger partial charge is 0.479 e. The van der Waals surface area contributed by atoms with Gasteiger partial charge >= 0.3 is 5.97 Å². The molecule has 0 fully saturated rings. The zero-order valence-electron chi connectivity index (χ0n) is 9.10. The molecule has 0 heterocycles. The molecule has 0 saturated heterocycles. The Balaban J connectivity index is 4.43. The summed E-state index contributed by atoms with van der Waals surface area (Å²) in [7, 11) is 0. The van der Waals surface area contributed by atoms with E-state index in [0.29, 0.717) is 13.0 Å². The molecule has 2 atom stereocenters. The van der Waals surface area contributed by atoms with Gasteiger partial charge in [-0.25, -0.2) is 4.79 Å². The van der Waals surface area contributed by atoms with E-state index in [4.69, 9.17) is 15.9 Å². The number of aliphatic hydroxyl groups excluding tert-OH is 2. The SMILES string of the molecule is CC(C)=C(CCN)C[C@@H](O)C(O)C(=O)O. The monoisotopic (exact) mass is 217 g/mol. The minimum Gasteiger partial charge on any atom is -0.479 e. The molecule has 0 amide bonds. The maximum absolute atomic E-state index is 10.4. The van der Waals surface area contributed by atoms with Crippen LogP contribution in [-0.4, -0.2) is 40.0 Å². The van der Waals surface area contributed by atoms with Crippen molar-refractivity contribution in [2.24, 2.45) is 5.73 Å². The Kier molecular flexibility index (Phi) is 6.15. The van der Waals surface area contributed by atoms with Gasteiger partial charge in [-0.05, 0) is 33.2 Å². The molecule has 0 aromatic carbocycles. The normalized spacial score (nSPS) is 14.5. The fourth-order valence-electron chi connectivity index (χ4n) is 1.26. The molecule has 0 rings (SSSR count). The highest BCUT2D eigenvalue weighted by Gasteiger charge is 2.24. The van der Waals surface area contributed by atoms with Crippen LogP contribution >= 0.6 is 0 Å². The third-order valence-corrected chi connectivity index (χ3v) is 2.23. The van der Waals surface area contributed by atoms with Crippen molar-refractivity contribution < 1.29 is 20.1 Å². The first-order chi connectivity index (χ1) is 6.90. The van der Waals surface area contributed by atoms with E-state index in [-0.39, 0.29) is 6.42 Å². The highest BCUT2D eigenvalue weighted by molar-refractivity contribution is 5.72. The summed E-state index contributed by atoms with van der Waals surface area (Å²) in [5, 5.41) is 27.0. The topological polar surface area (TPSA) is 104 Å². The molecule has 0 radical (unpaired) electrons. The number of rotatable bonds is 6. The van der Waals surface area contributed by atoms with Crippen LogP contribution in [0.2, 0.25) is 0 Å². The molecule has 0 saturated carbocycles. The third-order valence-electron chi connectivity index (χ3n) is 2.23. The summed E-state index contributed by atoms with van der Waals surface area (Å²) in [5.74, 6) is -1.41. The van der Waals surface area contributed by atoms with Crippen molar-refractivity contribution in [2.45, 2.75) is 38.9 Å². The molecule has 0 aliphatic rings. The number of hydrogen-bond donors (Lipinski definition) is 4. The Morgan fingerprint density at radius 3 is 2.20 bits per heavy atom. The van der Waals surface area contributed by atoms with Crippen LogP contribution in [0, 0.1) is 0 Å². The minimum absolute atomic E-state index is 0.146.